The van der Waals surface area contributed by atoms with Crippen molar-refractivity contribution < 1.29 is 27.9 Å². The van der Waals surface area contributed by atoms with Crippen molar-refractivity contribution >= 4 is 39.1 Å². The molecule has 1 fully saturated rings. The minimum atomic E-state index is -5.26. The van der Waals surface area contributed by atoms with Crippen LogP contribution in [0, 0.1) is 5.92 Å². The standard InChI is InChI=1S/C16H12BrF3N2O3S/c17-9-4-1-3-8(7-9)12-11(13(23)10-5-2-6-26-10)15(25,16(18,19)20)22-14(24)21-12/h1-7,11-12,25H,(H2,21,22,24)/t11-,12+,15+/m0/s1. The number of amides is 2. The Morgan fingerprint density at radius 2 is 2.00 bits per heavy atom. The zero-order valence-corrected chi connectivity index (χ0v) is 15.3. The molecule has 0 unspecified atom stereocenters. The van der Waals surface area contributed by atoms with Crippen LogP contribution in [-0.2, 0) is 0 Å². The van der Waals surface area contributed by atoms with E-state index in [9.17, 15) is 27.9 Å². The van der Waals surface area contributed by atoms with Gasteiger partial charge in [-0.1, -0.05) is 34.1 Å². The SMILES string of the molecule is O=C1N[C@H](c2cccc(Br)c2)[C@@H](C(=O)c2cccs2)[C@@](O)(C(F)(F)F)N1. The summed E-state index contributed by atoms with van der Waals surface area (Å²) in [6.45, 7) is 0. The highest BCUT2D eigenvalue weighted by Gasteiger charge is 2.66. The Balaban J connectivity index is 2.16. The first kappa shape index (κ1) is 18.9. The number of hydrogen-bond acceptors (Lipinski definition) is 4. The van der Waals surface area contributed by atoms with Crippen molar-refractivity contribution in [3.63, 3.8) is 0 Å². The summed E-state index contributed by atoms with van der Waals surface area (Å²) in [5.74, 6) is -2.93. The Hall–Kier alpha value is -1.91. The second kappa shape index (κ2) is 6.67. The maximum atomic E-state index is 13.7. The molecule has 3 atom stereocenters. The van der Waals surface area contributed by atoms with Crippen molar-refractivity contribution in [3.8, 4) is 0 Å². The lowest BCUT2D eigenvalue weighted by Gasteiger charge is -2.44. The predicted molar refractivity (Wildman–Crippen MR) is 91.7 cm³/mol. The van der Waals surface area contributed by atoms with Crippen LogP contribution in [0.2, 0.25) is 0 Å². The molecule has 0 aliphatic carbocycles. The van der Waals surface area contributed by atoms with E-state index in [0.717, 1.165) is 11.3 Å². The van der Waals surface area contributed by atoms with Crippen LogP contribution >= 0.6 is 27.3 Å². The van der Waals surface area contributed by atoms with E-state index in [2.05, 4.69) is 21.2 Å². The summed E-state index contributed by atoms with van der Waals surface area (Å²) in [5, 5.41) is 15.8. The number of alkyl halides is 3. The number of ketones is 1. The summed E-state index contributed by atoms with van der Waals surface area (Å²) >= 11 is 4.17. The van der Waals surface area contributed by atoms with Gasteiger partial charge in [-0.2, -0.15) is 13.2 Å². The summed E-state index contributed by atoms with van der Waals surface area (Å²) in [6.07, 6.45) is -5.26. The number of nitrogens with one attached hydrogen (secondary N) is 2. The third-order valence-electron chi connectivity index (χ3n) is 4.06. The smallest absolute Gasteiger partial charge is 0.363 e. The fourth-order valence-corrected chi connectivity index (χ4v) is 4.01. The fourth-order valence-electron chi connectivity index (χ4n) is 2.89. The van der Waals surface area contributed by atoms with Crippen LogP contribution in [-0.4, -0.2) is 28.8 Å². The van der Waals surface area contributed by atoms with Crippen molar-refractivity contribution in [2.45, 2.75) is 17.9 Å². The Labute approximate surface area is 158 Å². The van der Waals surface area contributed by atoms with Gasteiger partial charge in [0.25, 0.3) is 0 Å². The van der Waals surface area contributed by atoms with E-state index < -0.39 is 35.7 Å². The van der Waals surface area contributed by atoms with E-state index in [1.54, 1.807) is 17.5 Å². The first-order valence-corrected chi connectivity index (χ1v) is 9.02. The lowest BCUT2D eigenvalue weighted by molar-refractivity contribution is -0.287. The van der Waals surface area contributed by atoms with E-state index in [4.69, 9.17) is 0 Å². The maximum absolute atomic E-state index is 13.7. The Kier molecular flexibility index (Phi) is 4.84. The quantitative estimate of drug-likeness (QED) is 0.627. The van der Waals surface area contributed by atoms with Gasteiger partial charge in [-0.05, 0) is 29.1 Å². The topological polar surface area (TPSA) is 78.4 Å². The lowest BCUT2D eigenvalue weighted by Crippen LogP contribution is -2.72. The van der Waals surface area contributed by atoms with Gasteiger partial charge in [0.05, 0.1) is 10.9 Å². The Morgan fingerprint density at radius 1 is 1.27 bits per heavy atom. The molecule has 2 aromatic rings. The molecule has 10 heteroatoms. The number of rotatable bonds is 3. The number of aliphatic hydroxyl groups is 1. The van der Waals surface area contributed by atoms with Gasteiger partial charge < -0.3 is 15.7 Å². The second-order valence-corrected chi connectivity index (χ2v) is 7.58. The zero-order chi connectivity index (χ0) is 19.1. The summed E-state index contributed by atoms with van der Waals surface area (Å²) in [7, 11) is 0. The van der Waals surface area contributed by atoms with E-state index in [0.29, 0.717) is 4.47 Å². The molecule has 1 aliphatic heterocycles. The summed E-state index contributed by atoms with van der Waals surface area (Å²) in [5.41, 5.74) is -3.45. The predicted octanol–water partition coefficient (Wildman–Crippen LogP) is 3.61. The average molecular weight is 449 g/mol. The number of carbonyl (C=O) groups is 2. The number of urea groups is 1. The molecule has 0 saturated carbocycles. The molecule has 1 aromatic heterocycles. The van der Waals surface area contributed by atoms with Crippen LogP contribution < -0.4 is 10.6 Å². The zero-order valence-electron chi connectivity index (χ0n) is 12.9. The number of halogens is 4. The molecule has 5 nitrogen and oxygen atoms in total. The highest BCUT2D eigenvalue weighted by molar-refractivity contribution is 9.10. The maximum Gasteiger partial charge on any atom is 0.437 e. The first-order valence-electron chi connectivity index (χ1n) is 7.34. The molecule has 1 aliphatic rings. The van der Waals surface area contributed by atoms with Crippen molar-refractivity contribution in [3.05, 3.63) is 56.7 Å². The van der Waals surface area contributed by atoms with Crippen LogP contribution in [0.4, 0.5) is 18.0 Å². The molecule has 2 heterocycles. The second-order valence-electron chi connectivity index (χ2n) is 5.71. The molecule has 0 bridgehead atoms. The van der Waals surface area contributed by atoms with Gasteiger partial charge in [0.1, 0.15) is 5.92 Å². The van der Waals surface area contributed by atoms with Crippen molar-refractivity contribution in [2.75, 3.05) is 0 Å². The third-order valence-corrected chi connectivity index (χ3v) is 5.44. The van der Waals surface area contributed by atoms with Gasteiger partial charge in [-0.15, -0.1) is 11.3 Å². The number of benzene rings is 1. The van der Waals surface area contributed by atoms with Crippen molar-refractivity contribution in [2.24, 2.45) is 5.92 Å². The minimum Gasteiger partial charge on any atom is -0.363 e. The Bertz CT molecular complexity index is 844. The van der Waals surface area contributed by atoms with Gasteiger partial charge in [-0.25, -0.2) is 4.79 Å². The van der Waals surface area contributed by atoms with Gasteiger partial charge in [0, 0.05) is 4.47 Å². The van der Waals surface area contributed by atoms with E-state index in [1.165, 1.54) is 29.6 Å². The summed E-state index contributed by atoms with van der Waals surface area (Å²) in [6, 6.07) is 6.48. The highest BCUT2D eigenvalue weighted by atomic mass is 79.9. The molecule has 0 radical (unpaired) electrons. The van der Waals surface area contributed by atoms with Gasteiger partial charge in [0.2, 0.25) is 5.72 Å². The largest absolute Gasteiger partial charge is 0.437 e. The van der Waals surface area contributed by atoms with Gasteiger partial charge in [-0.3, -0.25) is 4.79 Å². The number of thiophene rings is 1. The molecular formula is C16H12BrF3N2O3S. The normalized spacial score (nSPS) is 26.1. The number of hydrogen-bond donors (Lipinski definition) is 3. The third kappa shape index (κ3) is 3.24. The summed E-state index contributed by atoms with van der Waals surface area (Å²) in [4.78, 5) is 24.7. The minimum absolute atomic E-state index is 0.0515. The van der Waals surface area contributed by atoms with Crippen LogP contribution in [0.25, 0.3) is 0 Å². The molecule has 1 saturated heterocycles. The van der Waals surface area contributed by atoms with E-state index in [-0.39, 0.29) is 10.4 Å². The fraction of sp³-hybridized carbons (Fsp3) is 0.250. The number of carbonyl (C=O) groups excluding carboxylic acids is 2. The van der Waals surface area contributed by atoms with Crippen LogP contribution in [0.5, 0.6) is 0 Å². The Morgan fingerprint density at radius 3 is 2.58 bits per heavy atom. The number of Topliss-reactive ketones (excluding diaryl/α,β-unsaturated/α-hetero) is 1. The molecular weight excluding hydrogens is 437 g/mol. The summed E-state index contributed by atoms with van der Waals surface area (Å²) < 4.78 is 41.6. The highest BCUT2D eigenvalue weighted by Crippen LogP contribution is 2.44. The van der Waals surface area contributed by atoms with Crippen LogP contribution in [0.15, 0.2) is 46.3 Å². The molecule has 1 aromatic carbocycles. The van der Waals surface area contributed by atoms with Crippen molar-refractivity contribution in [1.82, 2.24) is 10.6 Å². The average Bonchev–Trinajstić information content (AvgIpc) is 3.07. The molecule has 2 amide bonds. The lowest BCUT2D eigenvalue weighted by atomic mass is 9.78. The molecule has 138 valence electrons. The molecule has 0 spiro atoms. The van der Waals surface area contributed by atoms with E-state index in [1.807, 2.05) is 0 Å². The van der Waals surface area contributed by atoms with Gasteiger partial charge in [0.15, 0.2) is 5.78 Å². The molecule has 3 N–H and O–H groups in total. The van der Waals surface area contributed by atoms with E-state index >= 15 is 0 Å². The first-order chi connectivity index (χ1) is 12.1. The van der Waals surface area contributed by atoms with Crippen LogP contribution in [0.3, 0.4) is 0 Å². The molecule has 3 rings (SSSR count). The van der Waals surface area contributed by atoms with Crippen LogP contribution in [0.1, 0.15) is 21.3 Å². The molecule has 26 heavy (non-hydrogen) atoms. The monoisotopic (exact) mass is 448 g/mol. The van der Waals surface area contributed by atoms with Crippen molar-refractivity contribution in [1.29, 1.82) is 0 Å². The van der Waals surface area contributed by atoms with Gasteiger partial charge >= 0.3 is 12.2 Å².